The molecule has 1 atom stereocenters. The Bertz CT molecular complexity index is 871. The van der Waals surface area contributed by atoms with E-state index >= 15 is 0 Å². The summed E-state index contributed by atoms with van der Waals surface area (Å²) in [6.07, 6.45) is 0.730. The molecule has 3 rings (SSSR count). The molecular weight excluding hydrogens is 300 g/mol. The van der Waals surface area contributed by atoms with E-state index in [1.807, 2.05) is 32.0 Å². The summed E-state index contributed by atoms with van der Waals surface area (Å²) in [6, 6.07) is 7.34. The standard InChI is InChI=1S/C15H16N4O2S/c1-4-12-17-13(21-18-12)9(2)22-15-16-11-8-6-5-7-10(11)14(20)19(15)3/h5-9H,4H2,1-3H3. The van der Waals surface area contributed by atoms with Gasteiger partial charge in [-0.05, 0) is 19.1 Å². The molecule has 0 amide bonds. The third kappa shape index (κ3) is 2.64. The van der Waals surface area contributed by atoms with Crippen molar-refractivity contribution in [2.45, 2.75) is 30.7 Å². The summed E-state index contributed by atoms with van der Waals surface area (Å²) in [5, 5.41) is 5.07. The Morgan fingerprint density at radius 2 is 2.09 bits per heavy atom. The van der Waals surface area contributed by atoms with Crippen molar-refractivity contribution in [2.24, 2.45) is 7.05 Å². The molecular formula is C15H16N4O2S. The summed E-state index contributed by atoms with van der Waals surface area (Å²) >= 11 is 1.43. The lowest BCUT2D eigenvalue weighted by Gasteiger charge is -2.10. The average Bonchev–Trinajstić information content (AvgIpc) is 3.01. The zero-order valence-electron chi connectivity index (χ0n) is 12.6. The van der Waals surface area contributed by atoms with E-state index in [9.17, 15) is 4.79 Å². The Kier molecular flexibility index (Phi) is 3.98. The van der Waals surface area contributed by atoms with Gasteiger partial charge in [-0.25, -0.2) is 4.98 Å². The van der Waals surface area contributed by atoms with Crippen LogP contribution in [-0.2, 0) is 13.5 Å². The molecule has 7 heteroatoms. The first-order valence-electron chi connectivity index (χ1n) is 7.05. The van der Waals surface area contributed by atoms with Crippen LogP contribution in [0.3, 0.4) is 0 Å². The maximum absolute atomic E-state index is 12.4. The number of hydrogen-bond donors (Lipinski definition) is 0. The largest absolute Gasteiger partial charge is 0.338 e. The quantitative estimate of drug-likeness (QED) is 0.544. The minimum atomic E-state index is -0.0768. The number of thioether (sulfide) groups is 1. The fourth-order valence-electron chi connectivity index (χ4n) is 2.09. The van der Waals surface area contributed by atoms with Crippen molar-refractivity contribution >= 4 is 22.7 Å². The van der Waals surface area contributed by atoms with Crippen molar-refractivity contribution in [3.8, 4) is 0 Å². The van der Waals surface area contributed by atoms with E-state index in [2.05, 4.69) is 15.1 Å². The highest BCUT2D eigenvalue weighted by atomic mass is 32.2. The Morgan fingerprint density at radius 3 is 2.82 bits per heavy atom. The number of fused-ring (bicyclic) bond motifs is 1. The van der Waals surface area contributed by atoms with Gasteiger partial charge in [0.25, 0.3) is 5.56 Å². The second-order valence-corrected chi connectivity index (χ2v) is 6.25. The van der Waals surface area contributed by atoms with E-state index in [0.29, 0.717) is 27.8 Å². The number of para-hydroxylation sites is 1. The molecule has 0 spiro atoms. The second-order valence-electron chi connectivity index (χ2n) is 4.94. The number of rotatable bonds is 4. The fraction of sp³-hybridized carbons (Fsp3) is 0.333. The molecule has 0 aliphatic carbocycles. The van der Waals surface area contributed by atoms with Gasteiger partial charge in [0, 0.05) is 13.5 Å². The van der Waals surface area contributed by atoms with Crippen LogP contribution in [0.1, 0.15) is 30.8 Å². The molecule has 1 aromatic carbocycles. The highest BCUT2D eigenvalue weighted by Gasteiger charge is 2.18. The highest BCUT2D eigenvalue weighted by molar-refractivity contribution is 7.99. The summed E-state index contributed by atoms with van der Waals surface area (Å²) in [7, 11) is 1.72. The van der Waals surface area contributed by atoms with Gasteiger partial charge in [0.15, 0.2) is 11.0 Å². The van der Waals surface area contributed by atoms with Crippen molar-refractivity contribution < 1.29 is 4.52 Å². The van der Waals surface area contributed by atoms with E-state index in [1.54, 1.807) is 17.7 Å². The summed E-state index contributed by atoms with van der Waals surface area (Å²) in [5.41, 5.74) is 0.639. The number of aryl methyl sites for hydroxylation is 1. The van der Waals surface area contributed by atoms with Crippen LogP contribution in [0.15, 0.2) is 38.7 Å². The normalized spacial score (nSPS) is 12.7. The minimum absolute atomic E-state index is 0.0555. The molecule has 0 saturated heterocycles. The number of nitrogens with zero attached hydrogens (tertiary/aromatic N) is 4. The third-order valence-electron chi connectivity index (χ3n) is 3.37. The molecule has 0 bridgehead atoms. The molecule has 0 radical (unpaired) electrons. The fourth-order valence-corrected chi connectivity index (χ4v) is 2.99. The summed E-state index contributed by atoms with van der Waals surface area (Å²) < 4.78 is 6.81. The van der Waals surface area contributed by atoms with Crippen molar-refractivity contribution in [1.82, 2.24) is 19.7 Å². The Labute approximate surface area is 131 Å². The van der Waals surface area contributed by atoms with Gasteiger partial charge < -0.3 is 4.52 Å². The monoisotopic (exact) mass is 316 g/mol. The molecule has 1 unspecified atom stereocenters. The lowest BCUT2D eigenvalue weighted by atomic mass is 10.2. The van der Waals surface area contributed by atoms with E-state index < -0.39 is 0 Å². The third-order valence-corrected chi connectivity index (χ3v) is 4.50. The van der Waals surface area contributed by atoms with Gasteiger partial charge in [-0.15, -0.1) is 0 Å². The lowest BCUT2D eigenvalue weighted by molar-refractivity contribution is 0.375. The van der Waals surface area contributed by atoms with Gasteiger partial charge in [-0.2, -0.15) is 4.98 Å². The van der Waals surface area contributed by atoms with Crippen LogP contribution >= 0.6 is 11.8 Å². The van der Waals surface area contributed by atoms with Crippen LogP contribution in [0.5, 0.6) is 0 Å². The van der Waals surface area contributed by atoms with E-state index in [0.717, 1.165) is 6.42 Å². The predicted molar refractivity (Wildman–Crippen MR) is 84.9 cm³/mol. The molecule has 0 saturated carbocycles. The summed E-state index contributed by atoms with van der Waals surface area (Å²) in [4.78, 5) is 21.3. The first-order valence-corrected chi connectivity index (χ1v) is 7.93. The Balaban J connectivity index is 1.96. The molecule has 0 aliphatic heterocycles. The molecule has 0 fully saturated rings. The van der Waals surface area contributed by atoms with Gasteiger partial charge in [-0.3, -0.25) is 9.36 Å². The van der Waals surface area contributed by atoms with Gasteiger partial charge in [0.2, 0.25) is 5.89 Å². The van der Waals surface area contributed by atoms with Crippen molar-refractivity contribution in [3.63, 3.8) is 0 Å². The molecule has 0 N–H and O–H groups in total. The minimum Gasteiger partial charge on any atom is -0.338 e. The van der Waals surface area contributed by atoms with Crippen LogP contribution in [0.4, 0.5) is 0 Å². The van der Waals surface area contributed by atoms with Gasteiger partial charge in [-0.1, -0.05) is 36.0 Å². The van der Waals surface area contributed by atoms with E-state index in [4.69, 9.17) is 4.52 Å². The van der Waals surface area contributed by atoms with Crippen LogP contribution in [0, 0.1) is 0 Å². The van der Waals surface area contributed by atoms with Crippen molar-refractivity contribution in [3.05, 3.63) is 46.3 Å². The molecule has 114 valence electrons. The molecule has 6 nitrogen and oxygen atoms in total. The van der Waals surface area contributed by atoms with Crippen molar-refractivity contribution in [2.75, 3.05) is 0 Å². The molecule has 3 aromatic rings. The first-order chi connectivity index (χ1) is 10.6. The zero-order valence-corrected chi connectivity index (χ0v) is 13.4. The molecule has 0 aliphatic rings. The van der Waals surface area contributed by atoms with E-state index in [1.165, 1.54) is 11.8 Å². The van der Waals surface area contributed by atoms with Crippen LogP contribution in [-0.4, -0.2) is 19.7 Å². The van der Waals surface area contributed by atoms with Crippen LogP contribution in [0.2, 0.25) is 0 Å². The van der Waals surface area contributed by atoms with Gasteiger partial charge >= 0.3 is 0 Å². The Hall–Kier alpha value is -2.15. The molecule has 2 heterocycles. The molecule has 22 heavy (non-hydrogen) atoms. The molecule has 2 aromatic heterocycles. The van der Waals surface area contributed by atoms with E-state index in [-0.39, 0.29) is 10.8 Å². The SMILES string of the molecule is CCc1noc(C(C)Sc2nc3ccccc3c(=O)n2C)n1. The highest BCUT2D eigenvalue weighted by Crippen LogP contribution is 2.32. The average molecular weight is 316 g/mol. The zero-order chi connectivity index (χ0) is 15.7. The lowest BCUT2D eigenvalue weighted by Crippen LogP contribution is -2.20. The summed E-state index contributed by atoms with van der Waals surface area (Å²) in [5.74, 6) is 1.23. The number of hydrogen-bond acceptors (Lipinski definition) is 6. The van der Waals surface area contributed by atoms with Crippen LogP contribution in [0.25, 0.3) is 10.9 Å². The number of benzene rings is 1. The second kappa shape index (κ2) is 5.92. The van der Waals surface area contributed by atoms with Gasteiger partial charge in [0.05, 0.1) is 16.2 Å². The predicted octanol–water partition coefficient (Wildman–Crippen LogP) is 2.73. The van der Waals surface area contributed by atoms with Crippen molar-refractivity contribution in [1.29, 1.82) is 0 Å². The van der Waals surface area contributed by atoms with Crippen LogP contribution < -0.4 is 5.56 Å². The maximum atomic E-state index is 12.4. The maximum Gasteiger partial charge on any atom is 0.261 e. The smallest absolute Gasteiger partial charge is 0.261 e. The first kappa shape index (κ1) is 14.8. The van der Waals surface area contributed by atoms with Gasteiger partial charge in [0.1, 0.15) is 0 Å². The number of aromatic nitrogens is 4. The Morgan fingerprint density at radius 1 is 1.32 bits per heavy atom. The topological polar surface area (TPSA) is 73.8 Å². The summed E-state index contributed by atoms with van der Waals surface area (Å²) in [6.45, 7) is 3.93.